The van der Waals surface area contributed by atoms with Crippen LogP contribution in [0.3, 0.4) is 0 Å². The SMILES string of the molecule is O=P(Br)(Oc1ccccc1)c1ccccc1. The van der Waals surface area contributed by atoms with Gasteiger partial charge in [0, 0.05) is 15.5 Å². The number of benzene rings is 2. The van der Waals surface area contributed by atoms with E-state index in [1.807, 2.05) is 36.4 Å². The zero-order valence-corrected chi connectivity index (χ0v) is 10.9. The molecule has 16 heavy (non-hydrogen) atoms. The summed E-state index contributed by atoms with van der Waals surface area (Å²) in [5.41, 5.74) is 0. The molecule has 0 heterocycles. The van der Waals surface area contributed by atoms with Crippen molar-refractivity contribution in [1.29, 1.82) is 0 Å². The molecule has 0 aliphatic heterocycles. The zero-order valence-electron chi connectivity index (χ0n) is 8.42. The molecule has 1 unspecified atom stereocenters. The summed E-state index contributed by atoms with van der Waals surface area (Å²) in [5, 5.41) is 0.652. The van der Waals surface area contributed by atoms with Crippen molar-refractivity contribution in [3.63, 3.8) is 0 Å². The van der Waals surface area contributed by atoms with Gasteiger partial charge in [0.2, 0.25) is 0 Å². The van der Waals surface area contributed by atoms with Crippen molar-refractivity contribution in [2.24, 2.45) is 0 Å². The summed E-state index contributed by atoms with van der Waals surface area (Å²) < 4.78 is 17.7. The molecule has 2 aromatic carbocycles. The zero-order chi connectivity index (χ0) is 11.4. The molecule has 0 N–H and O–H groups in total. The van der Waals surface area contributed by atoms with Crippen molar-refractivity contribution in [2.75, 3.05) is 0 Å². The van der Waals surface area contributed by atoms with Gasteiger partial charge in [0.15, 0.2) is 0 Å². The first-order chi connectivity index (χ1) is 7.68. The van der Waals surface area contributed by atoms with E-state index in [0.717, 1.165) is 0 Å². The summed E-state index contributed by atoms with van der Waals surface area (Å²) >= 11 is 3.16. The third-order valence-corrected chi connectivity index (χ3v) is 5.05. The molecule has 0 aromatic heterocycles. The monoisotopic (exact) mass is 296 g/mol. The van der Waals surface area contributed by atoms with Crippen LogP contribution in [0, 0.1) is 0 Å². The summed E-state index contributed by atoms with van der Waals surface area (Å²) in [6.45, 7) is 0. The molecule has 2 rings (SSSR count). The average Bonchev–Trinajstić information content (AvgIpc) is 2.31. The Morgan fingerprint density at radius 3 is 1.94 bits per heavy atom. The number of hydrogen-bond acceptors (Lipinski definition) is 2. The summed E-state index contributed by atoms with van der Waals surface area (Å²) in [4.78, 5) is 0. The molecule has 0 fully saturated rings. The molecule has 2 nitrogen and oxygen atoms in total. The molecule has 1 atom stereocenters. The lowest BCUT2D eigenvalue weighted by Crippen LogP contribution is -2.03. The lowest BCUT2D eigenvalue weighted by atomic mass is 10.3. The van der Waals surface area contributed by atoms with Crippen LogP contribution in [0.5, 0.6) is 5.75 Å². The molecule has 0 spiro atoms. The van der Waals surface area contributed by atoms with E-state index in [1.165, 1.54) is 0 Å². The van der Waals surface area contributed by atoms with Crippen LogP contribution in [0.1, 0.15) is 0 Å². The Morgan fingerprint density at radius 2 is 1.38 bits per heavy atom. The van der Waals surface area contributed by atoms with Crippen LogP contribution < -0.4 is 9.83 Å². The van der Waals surface area contributed by atoms with Crippen LogP contribution in [-0.2, 0) is 4.57 Å². The molecule has 0 aliphatic rings. The topological polar surface area (TPSA) is 26.3 Å². The van der Waals surface area contributed by atoms with Gasteiger partial charge in [0.1, 0.15) is 5.75 Å². The van der Waals surface area contributed by atoms with Gasteiger partial charge in [-0.1, -0.05) is 36.4 Å². The Hall–Kier alpha value is -1.05. The maximum Gasteiger partial charge on any atom is 0.340 e. The van der Waals surface area contributed by atoms with E-state index in [1.54, 1.807) is 24.3 Å². The summed E-state index contributed by atoms with van der Waals surface area (Å²) in [7, 11) is 0. The minimum absolute atomic E-state index is 0.589. The first kappa shape index (κ1) is 11.4. The van der Waals surface area contributed by atoms with E-state index in [0.29, 0.717) is 11.1 Å². The lowest BCUT2D eigenvalue weighted by molar-refractivity contribution is 0.510. The van der Waals surface area contributed by atoms with E-state index in [-0.39, 0.29) is 0 Å². The van der Waals surface area contributed by atoms with Crippen LogP contribution in [0.4, 0.5) is 0 Å². The molecule has 2 aromatic rings. The predicted octanol–water partition coefficient (Wildman–Crippen LogP) is 3.98. The second-order valence-electron chi connectivity index (χ2n) is 3.22. The molecule has 82 valence electrons. The van der Waals surface area contributed by atoms with Crippen LogP contribution in [0.2, 0.25) is 0 Å². The van der Waals surface area contributed by atoms with Crippen molar-refractivity contribution in [2.45, 2.75) is 0 Å². The molecule has 0 saturated heterocycles. The van der Waals surface area contributed by atoms with Crippen molar-refractivity contribution in [3.05, 3.63) is 60.7 Å². The van der Waals surface area contributed by atoms with Gasteiger partial charge in [0.05, 0.1) is 5.30 Å². The maximum atomic E-state index is 12.3. The fraction of sp³-hybridized carbons (Fsp3) is 0. The highest BCUT2D eigenvalue weighted by Crippen LogP contribution is 2.53. The third kappa shape index (κ3) is 2.75. The summed E-state index contributed by atoms with van der Waals surface area (Å²) in [6, 6.07) is 18.2. The highest BCUT2D eigenvalue weighted by Gasteiger charge is 2.22. The van der Waals surface area contributed by atoms with Crippen molar-refractivity contribution >= 4 is 26.9 Å². The molecule has 0 bridgehead atoms. The van der Waals surface area contributed by atoms with Crippen LogP contribution in [0.15, 0.2) is 60.7 Å². The van der Waals surface area contributed by atoms with E-state index in [4.69, 9.17) is 4.52 Å². The van der Waals surface area contributed by atoms with Gasteiger partial charge in [-0.25, -0.2) is 0 Å². The third-order valence-electron chi connectivity index (χ3n) is 2.03. The molecule has 0 saturated carbocycles. The van der Waals surface area contributed by atoms with E-state index < -0.39 is 6.07 Å². The van der Waals surface area contributed by atoms with Crippen molar-refractivity contribution in [3.8, 4) is 5.75 Å². The minimum Gasteiger partial charge on any atom is -0.433 e. The Labute approximate surface area is 102 Å². The quantitative estimate of drug-likeness (QED) is 0.801. The standard InChI is InChI=1S/C12H10BrO2P/c13-16(14,12-9-5-2-6-10-12)15-11-7-3-1-4-8-11/h1-10H. The second-order valence-corrected chi connectivity index (χ2v) is 7.68. The van der Waals surface area contributed by atoms with Gasteiger partial charge in [0.25, 0.3) is 0 Å². The fourth-order valence-corrected chi connectivity index (χ4v) is 3.51. The average molecular weight is 297 g/mol. The van der Waals surface area contributed by atoms with Crippen LogP contribution >= 0.6 is 21.6 Å². The van der Waals surface area contributed by atoms with Crippen molar-refractivity contribution < 1.29 is 9.09 Å². The predicted molar refractivity (Wildman–Crippen MR) is 69.7 cm³/mol. The van der Waals surface area contributed by atoms with E-state index in [9.17, 15) is 4.57 Å². The molecule has 0 amide bonds. The maximum absolute atomic E-state index is 12.3. The molecule has 4 heteroatoms. The molecule has 0 radical (unpaired) electrons. The second kappa shape index (κ2) is 4.86. The minimum atomic E-state index is -2.95. The van der Waals surface area contributed by atoms with Crippen molar-refractivity contribution in [1.82, 2.24) is 0 Å². The highest BCUT2D eigenvalue weighted by molar-refractivity contribution is 9.40. The van der Waals surface area contributed by atoms with Gasteiger partial charge < -0.3 is 4.52 Å². The smallest absolute Gasteiger partial charge is 0.340 e. The Kier molecular flexibility index (Phi) is 3.47. The van der Waals surface area contributed by atoms with Gasteiger partial charge in [-0.2, -0.15) is 0 Å². The normalized spacial score (nSPS) is 14.1. The van der Waals surface area contributed by atoms with Gasteiger partial charge in [-0.15, -0.1) is 0 Å². The number of hydrogen-bond donors (Lipinski definition) is 0. The van der Waals surface area contributed by atoms with Crippen LogP contribution in [-0.4, -0.2) is 0 Å². The van der Waals surface area contributed by atoms with Gasteiger partial charge in [-0.3, -0.25) is 4.57 Å². The van der Waals surface area contributed by atoms with Crippen LogP contribution in [0.25, 0.3) is 0 Å². The lowest BCUT2D eigenvalue weighted by Gasteiger charge is -2.13. The summed E-state index contributed by atoms with van der Waals surface area (Å²) in [5.74, 6) is 0.589. The van der Waals surface area contributed by atoms with Gasteiger partial charge >= 0.3 is 6.07 Å². The fourth-order valence-electron chi connectivity index (χ4n) is 1.28. The Balaban J connectivity index is 2.25. The first-order valence-electron chi connectivity index (χ1n) is 4.78. The first-order valence-corrected chi connectivity index (χ1v) is 8.43. The number of para-hydroxylation sites is 1. The van der Waals surface area contributed by atoms with Gasteiger partial charge in [-0.05, 0) is 24.3 Å². The Morgan fingerprint density at radius 1 is 0.875 bits per heavy atom. The molecular weight excluding hydrogens is 287 g/mol. The number of rotatable bonds is 3. The molecule has 0 aliphatic carbocycles. The summed E-state index contributed by atoms with van der Waals surface area (Å²) in [6.07, 6.45) is -2.95. The largest absolute Gasteiger partial charge is 0.433 e. The number of halogens is 1. The Bertz CT molecular complexity index is 499. The highest BCUT2D eigenvalue weighted by atomic mass is 79.9. The molecular formula is C12H10BrO2P. The van der Waals surface area contributed by atoms with E-state index in [2.05, 4.69) is 15.5 Å². The van der Waals surface area contributed by atoms with E-state index >= 15 is 0 Å².